The highest BCUT2D eigenvalue weighted by molar-refractivity contribution is 9.10. The maximum Gasteiger partial charge on any atom is 0.268 e. The van der Waals surface area contributed by atoms with Crippen molar-refractivity contribution in [3.8, 4) is 0 Å². The SMILES string of the molecule is CC1=NNC2C(=O)N(CC(=O)Nc3ccccc3Br)C3CCCCC3N12. The molecule has 3 unspecified atom stereocenters. The molecular formula is C18H22BrN5O2. The van der Waals surface area contributed by atoms with Gasteiger partial charge in [-0.2, -0.15) is 5.10 Å². The molecule has 1 aliphatic carbocycles. The Bertz CT molecular complexity index is 768. The average Bonchev–Trinajstić information content (AvgIpc) is 3.03. The molecule has 1 aromatic rings. The normalized spacial score (nSPS) is 27.4. The van der Waals surface area contributed by atoms with E-state index in [1.807, 2.05) is 31.2 Å². The highest BCUT2D eigenvalue weighted by atomic mass is 79.9. The monoisotopic (exact) mass is 419 g/mol. The van der Waals surface area contributed by atoms with Crippen LogP contribution >= 0.6 is 15.9 Å². The molecule has 1 aromatic carbocycles. The number of para-hydroxylation sites is 1. The lowest BCUT2D eigenvalue weighted by Gasteiger charge is -2.50. The van der Waals surface area contributed by atoms with E-state index >= 15 is 0 Å². The second-order valence-corrected chi connectivity index (χ2v) is 7.87. The van der Waals surface area contributed by atoms with Crippen molar-refractivity contribution < 1.29 is 9.59 Å². The molecular weight excluding hydrogens is 398 g/mol. The lowest BCUT2D eigenvalue weighted by Crippen LogP contribution is -2.69. The van der Waals surface area contributed by atoms with E-state index in [2.05, 4.69) is 36.7 Å². The van der Waals surface area contributed by atoms with E-state index in [9.17, 15) is 9.59 Å². The van der Waals surface area contributed by atoms with Crippen LogP contribution in [0.1, 0.15) is 32.6 Å². The minimum atomic E-state index is -0.481. The highest BCUT2D eigenvalue weighted by Gasteiger charge is 2.50. The summed E-state index contributed by atoms with van der Waals surface area (Å²) in [6.45, 7) is 1.99. The number of benzene rings is 1. The van der Waals surface area contributed by atoms with Crippen LogP contribution < -0.4 is 10.7 Å². The summed E-state index contributed by atoms with van der Waals surface area (Å²) in [5, 5.41) is 7.15. The molecule has 7 nitrogen and oxygen atoms in total. The molecule has 2 heterocycles. The number of halogens is 1. The van der Waals surface area contributed by atoms with Crippen molar-refractivity contribution in [3.63, 3.8) is 0 Å². The topological polar surface area (TPSA) is 77.0 Å². The fourth-order valence-electron chi connectivity index (χ4n) is 4.27. The number of amides is 2. The van der Waals surface area contributed by atoms with Gasteiger partial charge in [0.25, 0.3) is 5.91 Å². The molecule has 0 aromatic heterocycles. The van der Waals surface area contributed by atoms with Gasteiger partial charge in [-0.25, -0.2) is 0 Å². The third kappa shape index (κ3) is 2.96. The second-order valence-electron chi connectivity index (χ2n) is 7.01. The Kier molecular flexibility index (Phi) is 4.60. The van der Waals surface area contributed by atoms with E-state index in [4.69, 9.17) is 0 Å². The summed E-state index contributed by atoms with van der Waals surface area (Å²) in [5.74, 6) is 0.604. The predicted molar refractivity (Wildman–Crippen MR) is 102 cm³/mol. The van der Waals surface area contributed by atoms with Crippen LogP contribution in [-0.2, 0) is 9.59 Å². The number of carbonyl (C=O) groups excluding carboxylic acids is 2. The largest absolute Gasteiger partial charge is 0.325 e. The van der Waals surface area contributed by atoms with E-state index in [0.717, 1.165) is 36.0 Å². The first-order chi connectivity index (χ1) is 12.6. The standard InChI is InChI=1S/C18H22BrN5O2/c1-11-21-22-17-18(26)23(14-8-4-5-9-15(14)24(11)17)10-16(25)20-13-7-3-2-6-12(13)19/h2-3,6-7,14-15,17,22H,4-5,8-10H2,1H3,(H,20,25). The van der Waals surface area contributed by atoms with Crippen molar-refractivity contribution in [2.75, 3.05) is 11.9 Å². The van der Waals surface area contributed by atoms with E-state index in [0.29, 0.717) is 5.69 Å². The number of carbonyl (C=O) groups is 2. The Morgan fingerprint density at radius 1 is 1.31 bits per heavy atom. The lowest BCUT2D eigenvalue weighted by atomic mass is 9.85. The summed E-state index contributed by atoms with van der Waals surface area (Å²) >= 11 is 3.43. The van der Waals surface area contributed by atoms with Crippen LogP contribution in [0, 0.1) is 0 Å². The molecule has 4 rings (SSSR count). The maximum absolute atomic E-state index is 13.0. The first kappa shape index (κ1) is 17.3. The Morgan fingerprint density at radius 2 is 2.04 bits per heavy atom. The number of fused-ring (bicyclic) bond motifs is 3. The van der Waals surface area contributed by atoms with Crippen molar-refractivity contribution >= 4 is 39.3 Å². The van der Waals surface area contributed by atoms with Gasteiger partial charge in [-0.1, -0.05) is 25.0 Å². The van der Waals surface area contributed by atoms with Gasteiger partial charge in [0.15, 0.2) is 6.17 Å². The Hall–Kier alpha value is -2.09. The van der Waals surface area contributed by atoms with Gasteiger partial charge < -0.3 is 15.1 Å². The number of rotatable bonds is 3. The molecule has 1 saturated carbocycles. The van der Waals surface area contributed by atoms with Gasteiger partial charge >= 0.3 is 0 Å². The lowest BCUT2D eigenvalue weighted by molar-refractivity contribution is -0.151. The van der Waals surface area contributed by atoms with Gasteiger partial charge in [0, 0.05) is 4.47 Å². The van der Waals surface area contributed by atoms with Crippen LogP contribution in [-0.4, -0.2) is 52.2 Å². The Balaban J connectivity index is 1.53. The fraction of sp³-hybridized carbons (Fsp3) is 0.500. The minimum absolute atomic E-state index is 0.0579. The molecule has 0 bridgehead atoms. The number of amidine groups is 1. The molecule has 2 fully saturated rings. The third-order valence-electron chi connectivity index (χ3n) is 5.43. The molecule has 3 aliphatic rings. The minimum Gasteiger partial charge on any atom is -0.325 e. The van der Waals surface area contributed by atoms with Crippen LogP contribution in [0.25, 0.3) is 0 Å². The van der Waals surface area contributed by atoms with E-state index in [1.165, 1.54) is 0 Å². The van der Waals surface area contributed by atoms with E-state index in [-0.39, 0.29) is 30.4 Å². The number of nitrogens with one attached hydrogen (secondary N) is 2. The van der Waals surface area contributed by atoms with Gasteiger partial charge in [-0.15, -0.1) is 0 Å². The Morgan fingerprint density at radius 3 is 2.81 bits per heavy atom. The van der Waals surface area contributed by atoms with Crippen LogP contribution in [0.2, 0.25) is 0 Å². The van der Waals surface area contributed by atoms with Crippen molar-refractivity contribution in [1.29, 1.82) is 0 Å². The number of hydrogen-bond acceptors (Lipinski definition) is 5. The van der Waals surface area contributed by atoms with Crippen molar-refractivity contribution in [3.05, 3.63) is 28.7 Å². The molecule has 138 valence electrons. The zero-order chi connectivity index (χ0) is 18.3. The molecule has 3 atom stereocenters. The fourth-order valence-corrected chi connectivity index (χ4v) is 4.65. The van der Waals surface area contributed by atoms with Gasteiger partial charge in [0.2, 0.25) is 5.91 Å². The molecule has 0 spiro atoms. The molecule has 2 amide bonds. The average molecular weight is 420 g/mol. The van der Waals surface area contributed by atoms with Crippen LogP contribution in [0.4, 0.5) is 5.69 Å². The zero-order valence-electron chi connectivity index (χ0n) is 14.6. The highest BCUT2D eigenvalue weighted by Crippen LogP contribution is 2.34. The molecule has 1 saturated heterocycles. The molecule has 0 radical (unpaired) electrons. The maximum atomic E-state index is 13.0. The van der Waals surface area contributed by atoms with Gasteiger partial charge in [0.1, 0.15) is 12.4 Å². The van der Waals surface area contributed by atoms with Crippen LogP contribution in [0.5, 0.6) is 0 Å². The summed E-state index contributed by atoms with van der Waals surface area (Å²) in [6, 6.07) is 7.75. The zero-order valence-corrected chi connectivity index (χ0v) is 16.2. The number of hydrogen-bond donors (Lipinski definition) is 2. The second kappa shape index (κ2) is 6.90. The smallest absolute Gasteiger partial charge is 0.268 e. The molecule has 26 heavy (non-hydrogen) atoms. The number of piperazine rings is 1. The van der Waals surface area contributed by atoms with Crippen LogP contribution in [0.15, 0.2) is 33.8 Å². The summed E-state index contributed by atoms with van der Waals surface area (Å²) in [4.78, 5) is 29.5. The third-order valence-corrected chi connectivity index (χ3v) is 6.12. The van der Waals surface area contributed by atoms with Crippen molar-refractivity contribution in [2.45, 2.75) is 50.9 Å². The summed E-state index contributed by atoms with van der Waals surface area (Å²) < 4.78 is 0.821. The molecule has 8 heteroatoms. The summed E-state index contributed by atoms with van der Waals surface area (Å²) in [7, 11) is 0. The van der Waals surface area contributed by atoms with Gasteiger partial charge in [-0.05, 0) is 47.8 Å². The van der Waals surface area contributed by atoms with E-state index < -0.39 is 6.17 Å². The molecule has 2 aliphatic heterocycles. The number of nitrogens with zero attached hydrogens (tertiary/aromatic N) is 3. The first-order valence-corrected chi connectivity index (χ1v) is 9.78. The quantitative estimate of drug-likeness (QED) is 0.786. The van der Waals surface area contributed by atoms with Crippen molar-refractivity contribution in [2.24, 2.45) is 5.10 Å². The van der Waals surface area contributed by atoms with Gasteiger partial charge in [0.05, 0.1) is 17.8 Å². The summed E-state index contributed by atoms with van der Waals surface area (Å²) in [5.41, 5.74) is 3.65. The Labute approximate surface area is 160 Å². The number of hydrazone groups is 1. The predicted octanol–water partition coefficient (Wildman–Crippen LogP) is 2.11. The first-order valence-electron chi connectivity index (χ1n) is 8.99. The van der Waals surface area contributed by atoms with E-state index in [1.54, 1.807) is 4.90 Å². The molecule has 2 N–H and O–H groups in total. The van der Waals surface area contributed by atoms with Crippen molar-refractivity contribution in [1.82, 2.24) is 15.2 Å². The van der Waals surface area contributed by atoms with Gasteiger partial charge in [-0.3, -0.25) is 15.0 Å². The number of anilines is 1. The summed E-state index contributed by atoms with van der Waals surface area (Å²) in [6.07, 6.45) is 3.69. The van der Waals surface area contributed by atoms with Crippen LogP contribution in [0.3, 0.4) is 0 Å².